The topological polar surface area (TPSA) is 113 Å². The van der Waals surface area contributed by atoms with Gasteiger partial charge < -0.3 is 15.2 Å². The summed E-state index contributed by atoms with van der Waals surface area (Å²) in [6.45, 7) is 4.52. The van der Waals surface area contributed by atoms with Crippen LogP contribution in [0.2, 0.25) is 0 Å². The predicted octanol–water partition coefficient (Wildman–Crippen LogP) is 4.33. The second kappa shape index (κ2) is 10.8. The Morgan fingerprint density at radius 1 is 1.15 bits per heavy atom. The smallest absolute Gasteiger partial charge is 0.235 e. The molecular formula is C24H26N6O2S2. The molecule has 4 rings (SSSR count). The van der Waals surface area contributed by atoms with Crippen molar-refractivity contribution in [2.45, 2.75) is 57.7 Å². The monoisotopic (exact) mass is 494 g/mol. The summed E-state index contributed by atoms with van der Waals surface area (Å²) in [6, 6.07) is 9.87. The number of nitriles is 1. The fourth-order valence-corrected chi connectivity index (χ4v) is 6.00. The van der Waals surface area contributed by atoms with Crippen LogP contribution in [-0.4, -0.2) is 32.3 Å². The van der Waals surface area contributed by atoms with Crippen LogP contribution in [0.1, 0.15) is 47.2 Å². The van der Waals surface area contributed by atoms with Gasteiger partial charge in [0.25, 0.3) is 0 Å². The molecule has 176 valence electrons. The van der Waals surface area contributed by atoms with E-state index in [2.05, 4.69) is 26.9 Å². The number of carbonyl (C=O) groups is 2. The van der Waals surface area contributed by atoms with E-state index in [0.29, 0.717) is 28.1 Å². The Hall–Kier alpha value is -3.16. The number of benzene rings is 1. The molecule has 2 N–H and O–H groups in total. The van der Waals surface area contributed by atoms with E-state index in [9.17, 15) is 14.9 Å². The predicted molar refractivity (Wildman–Crippen MR) is 134 cm³/mol. The molecule has 0 saturated carbocycles. The van der Waals surface area contributed by atoms with E-state index in [4.69, 9.17) is 0 Å². The number of nitrogens with zero attached hydrogens (tertiary/aromatic N) is 4. The van der Waals surface area contributed by atoms with Crippen LogP contribution in [0.25, 0.3) is 0 Å². The summed E-state index contributed by atoms with van der Waals surface area (Å²) in [5, 5.41) is 25.0. The number of amides is 2. The van der Waals surface area contributed by atoms with E-state index in [-0.39, 0.29) is 24.0 Å². The summed E-state index contributed by atoms with van der Waals surface area (Å²) in [6.07, 6.45) is 4.17. The number of hydrogen-bond donors (Lipinski definition) is 2. The number of anilines is 2. The minimum absolute atomic E-state index is 0.0910. The van der Waals surface area contributed by atoms with Crippen molar-refractivity contribution in [2.75, 3.05) is 16.4 Å². The van der Waals surface area contributed by atoms with Crippen molar-refractivity contribution >= 4 is 45.6 Å². The van der Waals surface area contributed by atoms with Crippen molar-refractivity contribution < 1.29 is 9.59 Å². The summed E-state index contributed by atoms with van der Waals surface area (Å²) in [5.74, 6) is 0.323. The van der Waals surface area contributed by atoms with Crippen LogP contribution in [0.15, 0.2) is 29.4 Å². The van der Waals surface area contributed by atoms with Gasteiger partial charge in [-0.2, -0.15) is 5.26 Å². The highest BCUT2D eigenvalue weighted by molar-refractivity contribution is 7.99. The van der Waals surface area contributed by atoms with Crippen LogP contribution in [0.5, 0.6) is 0 Å². The fraction of sp³-hybridized carbons (Fsp3) is 0.375. The van der Waals surface area contributed by atoms with E-state index in [1.165, 1.54) is 28.0 Å². The Kier molecular flexibility index (Phi) is 7.65. The molecule has 2 heterocycles. The lowest BCUT2D eigenvalue weighted by molar-refractivity contribution is -0.116. The minimum atomic E-state index is -0.190. The fourth-order valence-electron chi connectivity index (χ4n) is 3.92. The molecule has 10 heteroatoms. The maximum atomic E-state index is 12.6. The van der Waals surface area contributed by atoms with Gasteiger partial charge >= 0.3 is 0 Å². The van der Waals surface area contributed by atoms with Gasteiger partial charge in [0, 0.05) is 17.1 Å². The van der Waals surface area contributed by atoms with Gasteiger partial charge in [-0.1, -0.05) is 29.5 Å². The highest BCUT2D eigenvalue weighted by Crippen LogP contribution is 2.37. The molecule has 34 heavy (non-hydrogen) atoms. The third-order valence-corrected chi connectivity index (χ3v) is 7.81. The molecule has 0 saturated heterocycles. The molecule has 0 radical (unpaired) electrons. The lowest BCUT2D eigenvalue weighted by atomic mass is 9.96. The molecule has 2 amide bonds. The van der Waals surface area contributed by atoms with E-state index in [1.54, 1.807) is 0 Å². The number of aryl methyl sites for hydroxylation is 2. The molecule has 3 aromatic rings. The first kappa shape index (κ1) is 24.0. The number of carbonyl (C=O) groups excluding carboxylic acids is 2. The SMILES string of the molecule is CCn1c(CC(=O)Nc2ccc(C)cc2)nnc1SCC(=O)Nc1sc2c(c1C#N)CCCC2. The number of hydrogen-bond acceptors (Lipinski definition) is 7. The molecule has 0 atom stereocenters. The van der Waals surface area contributed by atoms with Gasteiger partial charge in [0.15, 0.2) is 5.16 Å². The van der Waals surface area contributed by atoms with Gasteiger partial charge in [-0.3, -0.25) is 9.59 Å². The van der Waals surface area contributed by atoms with Crippen LogP contribution < -0.4 is 10.6 Å². The molecular weight excluding hydrogens is 468 g/mol. The van der Waals surface area contributed by atoms with E-state index >= 15 is 0 Å². The molecule has 0 aliphatic heterocycles. The summed E-state index contributed by atoms with van der Waals surface area (Å²) < 4.78 is 1.84. The lowest BCUT2D eigenvalue weighted by Crippen LogP contribution is -2.18. The molecule has 1 aliphatic rings. The quantitative estimate of drug-likeness (QED) is 0.451. The average Bonchev–Trinajstić information content (AvgIpc) is 3.38. The van der Waals surface area contributed by atoms with E-state index in [1.807, 2.05) is 42.7 Å². The lowest BCUT2D eigenvalue weighted by Gasteiger charge is -2.09. The highest BCUT2D eigenvalue weighted by Gasteiger charge is 2.22. The Bertz CT molecular complexity index is 1240. The van der Waals surface area contributed by atoms with Gasteiger partial charge in [-0.25, -0.2) is 0 Å². The van der Waals surface area contributed by atoms with Crippen LogP contribution in [-0.2, 0) is 35.4 Å². The second-order valence-electron chi connectivity index (χ2n) is 8.10. The van der Waals surface area contributed by atoms with Crippen molar-refractivity contribution in [3.63, 3.8) is 0 Å². The van der Waals surface area contributed by atoms with Crippen molar-refractivity contribution in [1.29, 1.82) is 5.26 Å². The second-order valence-corrected chi connectivity index (χ2v) is 10.1. The largest absolute Gasteiger partial charge is 0.326 e. The van der Waals surface area contributed by atoms with Gasteiger partial charge in [0.1, 0.15) is 16.9 Å². The van der Waals surface area contributed by atoms with Gasteiger partial charge in [-0.05, 0) is 57.2 Å². The van der Waals surface area contributed by atoms with Crippen molar-refractivity contribution in [3.8, 4) is 6.07 Å². The number of thiophene rings is 1. The standard InChI is InChI=1S/C24H26N6O2S2/c1-3-30-20(12-21(31)26-16-10-8-15(2)9-11-16)28-29-24(30)33-14-22(32)27-23-18(13-25)17-6-4-5-7-19(17)34-23/h8-11H,3-7,12,14H2,1-2H3,(H,26,31)(H,27,32). The Morgan fingerprint density at radius 3 is 2.65 bits per heavy atom. The minimum Gasteiger partial charge on any atom is -0.326 e. The molecule has 2 aromatic heterocycles. The Labute approximate surface area is 206 Å². The maximum Gasteiger partial charge on any atom is 0.235 e. The van der Waals surface area contributed by atoms with Crippen LogP contribution in [0, 0.1) is 18.3 Å². The molecule has 1 aliphatic carbocycles. The first-order valence-electron chi connectivity index (χ1n) is 11.2. The van der Waals surface area contributed by atoms with Gasteiger partial charge in [0.05, 0.1) is 17.7 Å². The summed E-state index contributed by atoms with van der Waals surface area (Å²) in [5.41, 5.74) is 3.56. The first-order valence-corrected chi connectivity index (χ1v) is 13.0. The Balaban J connectivity index is 1.36. The van der Waals surface area contributed by atoms with E-state index < -0.39 is 0 Å². The third kappa shape index (κ3) is 5.48. The maximum absolute atomic E-state index is 12.6. The molecule has 0 unspecified atom stereocenters. The highest BCUT2D eigenvalue weighted by atomic mass is 32.2. The molecule has 1 aromatic carbocycles. The zero-order valence-electron chi connectivity index (χ0n) is 19.2. The third-order valence-electron chi connectivity index (χ3n) is 5.63. The van der Waals surface area contributed by atoms with Crippen LogP contribution in [0.3, 0.4) is 0 Å². The van der Waals surface area contributed by atoms with Crippen molar-refractivity contribution in [2.24, 2.45) is 0 Å². The summed E-state index contributed by atoms with van der Waals surface area (Å²) in [7, 11) is 0. The van der Waals surface area contributed by atoms with Gasteiger partial charge in [-0.15, -0.1) is 21.5 Å². The Morgan fingerprint density at radius 2 is 1.91 bits per heavy atom. The van der Waals surface area contributed by atoms with Crippen molar-refractivity contribution in [3.05, 3.63) is 51.7 Å². The molecule has 0 bridgehead atoms. The number of aromatic nitrogens is 3. The summed E-state index contributed by atoms with van der Waals surface area (Å²) >= 11 is 2.78. The molecule has 0 fully saturated rings. The zero-order valence-corrected chi connectivity index (χ0v) is 20.8. The number of nitrogens with one attached hydrogen (secondary N) is 2. The molecule has 8 nitrogen and oxygen atoms in total. The number of thioether (sulfide) groups is 1. The van der Waals surface area contributed by atoms with E-state index in [0.717, 1.165) is 42.5 Å². The van der Waals surface area contributed by atoms with Crippen LogP contribution >= 0.6 is 23.1 Å². The van der Waals surface area contributed by atoms with Crippen molar-refractivity contribution in [1.82, 2.24) is 14.8 Å². The first-order chi connectivity index (χ1) is 16.5. The average molecular weight is 495 g/mol. The number of fused-ring (bicyclic) bond motifs is 1. The summed E-state index contributed by atoms with van der Waals surface area (Å²) in [4.78, 5) is 26.3. The van der Waals surface area contributed by atoms with Crippen LogP contribution in [0.4, 0.5) is 10.7 Å². The number of rotatable bonds is 8. The zero-order chi connectivity index (χ0) is 24.1. The molecule has 0 spiro atoms. The van der Waals surface area contributed by atoms with Gasteiger partial charge in [0.2, 0.25) is 11.8 Å². The normalized spacial score (nSPS) is 12.6.